The third-order valence-electron chi connectivity index (χ3n) is 6.56. The van der Waals surface area contributed by atoms with Crippen LogP contribution in [0.5, 0.6) is 5.75 Å². The fraction of sp³-hybridized carbons (Fsp3) is 0.542. The number of methoxy groups -OCH3 is 1. The molecule has 178 valence electrons. The summed E-state index contributed by atoms with van der Waals surface area (Å²) in [4.78, 5) is 25.1. The van der Waals surface area contributed by atoms with Crippen molar-refractivity contribution in [3.05, 3.63) is 46.5 Å². The second-order valence-electron chi connectivity index (χ2n) is 8.65. The molecular formula is C24H30FN3O5. The van der Waals surface area contributed by atoms with Crippen molar-refractivity contribution in [1.29, 1.82) is 0 Å². The molecular weight excluding hydrogens is 429 g/mol. The van der Waals surface area contributed by atoms with E-state index in [0.717, 1.165) is 36.6 Å². The average Bonchev–Trinajstić information content (AvgIpc) is 3.10. The first-order valence-corrected chi connectivity index (χ1v) is 11.4. The summed E-state index contributed by atoms with van der Waals surface area (Å²) in [6.07, 6.45) is 3.65. The van der Waals surface area contributed by atoms with E-state index < -0.39 is 11.8 Å². The molecule has 0 radical (unpaired) electrons. The first kappa shape index (κ1) is 23.2. The van der Waals surface area contributed by atoms with E-state index in [4.69, 9.17) is 19.3 Å². The molecule has 0 atom stereocenters. The number of carbonyl (C=O) groups excluding carboxylic acids is 2. The SMILES string of the molecule is CCn1nc(CCCOC(=O)c2ccc(OC)cc2F)c2c1C(=O)NCC1(CCOCC1)C2. The van der Waals surface area contributed by atoms with Gasteiger partial charge in [0.2, 0.25) is 0 Å². The Balaban J connectivity index is 1.44. The summed E-state index contributed by atoms with van der Waals surface area (Å²) >= 11 is 0. The first-order valence-electron chi connectivity index (χ1n) is 11.4. The highest BCUT2D eigenvalue weighted by atomic mass is 19.1. The zero-order valence-electron chi connectivity index (χ0n) is 19.1. The van der Waals surface area contributed by atoms with Crippen LogP contribution in [-0.4, -0.2) is 55.1 Å². The van der Waals surface area contributed by atoms with E-state index in [1.807, 2.05) is 6.92 Å². The van der Waals surface area contributed by atoms with Crippen LogP contribution in [0.3, 0.4) is 0 Å². The van der Waals surface area contributed by atoms with Gasteiger partial charge in [-0.25, -0.2) is 9.18 Å². The Hall–Kier alpha value is -2.94. The summed E-state index contributed by atoms with van der Waals surface area (Å²) in [6.45, 7) is 4.71. The van der Waals surface area contributed by atoms with Gasteiger partial charge in [0.15, 0.2) is 0 Å². The zero-order chi connectivity index (χ0) is 23.4. The number of ether oxygens (including phenoxy) is 3. The molecule has 1 spiro atoms. The number of nitrogens with one attached hydrogen (secondary N) is 1. The maximum absolute atomic E-state index is 14.1. The van der Waals surface area contributed by atoms with E-state index in [9.17, 15) is 14.0 Å². The number of halogens is 1. The fourth-order valence-corrected chi connectivity index (χ4v) is 4.64. The van der Waals surface area contributed by atoms with Gasteiger partial charge in [-0.2, -0.15) is 5.10 Å². The summed E-state index contributed by atoms with van der Waals surface area (Å²) < 4.78 is 31.7. The van der Waals surface area contributed by atoms with Crippen LogP contribution >= 0.6 is 0 Å². The van der Waals surface area contributed by atoms with E-state index in [1.165, 1.54) is 19.2 Å². The predicted octanol–water partition coefficient (Wildman–Crippen LogP) is 2.92. The van der Waals surface area contributed by atoms with Gasteiger partial charge in [-0.15, -0.1) is 0 Å². The summed E-state index contributed by atoms with van der Waals surface area (Å²) in [6, 6.07) is 4.02. The summed E-state index contributed by atoms with van der Waals surface area (Å²) in [7, 11) is 1.43. The number of rotatable bonds is 7. The third kappa shape index (κ3) is 4.88. The van der Waals surface area contributed by atoms with Crippen molar-refractivity contribution >= 4 is 11.9 Å². The Morgan fingerprint density at radius 3 is 2.82 bits per heavy atom. The van der Waals surface area contributed by atoms with Crippen molar-refractivity contribution in [1.82, 2.24) is 15.1 Å². The molecule has 2 aliphatic rings. The molecule has 0 aliphatic carbocycles. The summed E-state index contributed by atoms with van der Waals surface area (Å²) in [5.74, 6) is -1.15. The van der Waals surface area contributed by atoms with Crippen LogP contribution < -0.4 is 10.1 Å². The van der Waals surface area contributed by atoms with Crippen molar-refractivity contribution < 1.29 is 28.2 Å². The lowest BCUT2D eigenvalue weighted by molar-refractivity contribution is 0.0160. The predicted molar refractivity (Wildman–Crippen MR) is 118 cm³/mol. The number of esters is 1. The Kier molecular flexibility index (Phi) is 6.97. The van der Waals surface area contributed by atoms with Crippen molar-refractivity contribution in [3.63, 3.8) is 0 Å². The topological polar surface area (TPSA) is 91.7 Å². The molecule has 9 heteroatoms. The van der Waals surface area contributed by atoms with Crippen LogP contribution in [0, 0.1) is 11.2 Å². The average molecular weight is 460 g/mol. The molecule has 2 aromatic rings. The van der Waals surface area contributed by atoms with Crippen molar-refractivity contribution in [3.8, 4) is 5.75 Å². The second kappa shape index (κ2) is 9.91. The molecule has 1 saturated heterocycles. The zero-order valence-corrected chi connectivity index (χ0v) is 19.1. The Bertz CT molecular complexity index is 1030. The van der Waals surface area contributed by atoms with E-state index in [2.05, 4.69) is 5.32 Å². The van der Waals surface area contributed by atoms with Gasteiger partial charge in [0.25, 0.3) is 5.91 Å². The number of benzene rings is 1. The molecule has 3 heterocycles. The molecule has 0 bridgehead atoms. The maximum Gasteiger partial charge on any atom is 0.341 e. The van der Waals surface area contributed by atoms with Crippen LogP contribution in [-0.2, 0) is 28.9 Å². The molecule has 1 amide bonds. The van der Waals surface area contributed by atoms with E-state index in [1.54, 1.807) is 4.68 Å². The van der Waals surface area contributed by atoms with Gasteiger partial charge in [0.1, 0.15) is 17.3 Å². The van der Waals surface area contributed by atoms with Crippen LogP contribution in [0.25, 0.3) is 0 Å². The highest BCUT2D eigenvalue weighted by Crippen LogP contribution is 2.37. The third-order valence-corrected chi connectivity index (χ3v) is 6.56. The fourth-order valence-electron chi connectivity index (χ4n) is 4.64. The molecule has 1 aromatic carbocycles. The number of nitrogens with zero attached hydrogens (tertiary/aromatic N) is 2. The Morgan fingerprint density at radius 2 is 2.12 bits per heavy atom. The minimum Gasteiger partial charge on any atom is -0.497 e. The molecule has 33 heavy (non-hydrogen) atoms. The highest BCUT2D eigenvalue weighted by Gasteiger charge is 2.39. The lowest BCUT2D eigenvalue weighted by Gasteiger charge is -2.36. The van der Waals surface area contributed by atoms with Crippen LogP contribution in [0.15, 0.2) is 18.2 Å². The van der Waals surface area contributed by atoms with Crippen molar-refractivity contribution in [2.45, 2.75) is 45.6 Å². The molecule has 1 aromatic heterocycles. The Labute approximate surface area is 192 Å². The largest absolute Gasteiger partial charge is 0.497 e. The number of carbonyl (C=O) groups is 2. The van der Waals surface area contributed by atoms with E-state index in [0.29, 0.717) is 50.6 Å². The summed E-state index contributed by atoms with van der Waals surface area (Å²) in [5, 5.41) is 7.79. The molecule has 2 aliphatic heterocycles. The number of amides is 1. The van der Waals surface area contributed by atoms with E-state index in [-0.39, 0.29) is 23.5 Å². The lowest BCUT2D eigenvalue weighted by atomic mass is 9.75. The molecule has 1 fully saturated rings. The van der Waals surface area contributed by atoms with Gasteiger partial charge in [0, 0.05) is 37.9 Å². The van der Waals surface area contributed by atoms with Gasteiger partial charge >= 0.3 is 5.97 Å². The van der Waals surface area contributed by atoms with Gasteiger partial charge in [-0.3, -0.25) is 9.48 Å². The van der Waals surface area contributed by atoms with Gasteiger partial charge in [0.05, 0.1) is 25.0 Å². The number of hydrogen-bond donors (Lipinski definition) is 1. The number of aryl methyl sites for hydroxylation is 2. The molecule has 0 saturated carbocycles. The summed E-state index contributed by atoms with van der Waals surface area (Å²) in [5.41, 5.74) is 2.34. The molecule has 8 nitrogen and oxygen atoms in total. The van der Waals surface area contributed by atoms with Gasteiger partial charge in [-0.05, 0) is 56.6 Å². The quantitative estimate of drug-likeness (QED) is 0.506. The maximum atomic E-state index is 14.1. The minimum atomic E-state index is -0.714. The van der Waals surface area contributed by atoms with Crippen molar-refractivity contribution in [2.24, 2.45) is 5.41 Å². The van der Waals surface area contributed by atoms with Gasteiger partial charge < -0.3 is 19.5 Å². The highest BCUT2D eigenvalue weighted by molar-refractivity contribution is 5.94. The second-order valence-corrected chi connectivity index (χ2v) is 8.65. The minimum absolute atomic E-state index is 0.0200. The smallest absolute Gasteiger partial charge is 0.341 e. The first-order chi connectivity index (χ1) is 16.0. The molecule has 0 unspecified atom stereocenters. The Morgan fingerprint density at radius 1 is 1.33 bits per heavy atom. The normalized spacial score (nSPS) is 17.2. The van der Waals surface area contributed by atoms with Crippen LogP contribution in [0.4, 0.5) is 4.39 Å². The standard InChI is InChI=1S/C24H30FN3O5/c1-3-28-21-18(14-24(15-26-22(21)29)8-11-32-12-9-24)20(27-28)5-4-10-33-23(30)17-7-6-16(31-2)13-19(17)25/h6-7,13H,3-5,8-12,14-15H2,1-2H3,(H,26,29). The number of hydrogen-bond acceptors (Lipinski definition) is 6. The van der Waals surface area contributed by atoms with Gasteiger partial charge in [-0.1, -0.05) is 0 Å². The monoisotopic (exact) mass is 459 g/mol. The molecule has 4 rings (SSSR count). The van der Waals surface area contributed by atoms with Crippen LogP contribution in [0.2, 0.25) is 0 Å². The lowest BCUT2D eigenvalue weighted by Crippen LogP contribution is -2.40. The van der Waals surface area contributed by atoms with Crippen LogP contribution in [0.1, 0.15) is 58.3 Å². The van der Waals surface area contributed by atoms with Crippen molar-refractivity contribution in [2.75, 3.05) is 33.5 Å². The van der Waals surface area contributed by atoms with E-state index >= 15 is 0 Å². The molecule has 1 N–H and O–H groups in total. The number of fused-ring (bicyclic) bond motifs is 1. The number of aromatic nitrogens is 2.